The molecule has 3 heterocycles. The van der Waals surface area contributed by atoms with E-state index in [2.05, 4.69) is 25.3 Å². The highest BCUT2D eigenvalue weighted by Gasteiger charge is 2.26. The number of nitrogens with one attached hydrogen (secondary N) is 1. The number of hydrogen-bond acceptors (Lipinski definition) is 9. The molecule has 11 nitrogen and oxygen atoms in total. The number of benzene rings is 1. The number of halogens is 2. The highest BCUT2D eigenvalue weighted by atomic mass is 35.5. The van der Waals surface area contributed by atoms with E-state index in [1.807, 2.05) is 4.90 Å². The zero-order chi connectivity index (χ0) is 24.9. The molecule has 0 saturated carbocycles. The third-order valence-electron chi connectivity index (χ3n) is 5.58. The van der Waals surface area contributed by atoms with Crippen LogP contribution < -0.4 is 10.2 Å². The number of piperidine rings is 1. The van der Waals surface area contributed by atoms with Crippen LogP contribution in [0, 0.1) is 11.7 Å². The van der Waals surface area contributed by atoms with Gasteiger partial charge in [0.15, 0.2) is 5.82 Å². The van der Waals surface area contributed by atoms with Gasteiger partial charge in [-0.05, 0) is 37.0 Å². The third-order valence-corrected chi connectivity index (χ3v) is 5.87. The molecule has 13 heteroatoms. The lowest BCUT2D eigenvalue weighted by molar-refractivity contribution is -0.142. The fraction of sp³-hybridized carbons (Fsp3) is 0.364. The summed E-state index contributed by atoms with van der Waals surface area (Å²) in [6, 6.07) is 4.23. The first-order valence-corrected chi connectivity index (χ1v) is 11.3. The van der Waals surface area contributed by atoms with Crippen molar-refractivity contribution in [3.05, 3.63) is 41.6 Å². The largest absolute Gasteiger partial charge is 0.480 e. The van der Waals surface area contributed by atoms with Crippen LogP contribution >= 0.6 is 11.6 Å². The summed E-state index contributed by atoms with van der Waals surface area (Å²) in [7, 11) is 0. The normalized spacial score (nSPS) is 16.0. The van der Waals surface area contributed by atoms with Crippen molar-refractivity contribution in [2.75, 3.05) is 42.9 Å². The zero-order valence-electron chi connectivity index (χ0n) is 18.6. The van der Waals surface area contributed by atoms with Gasteiger partial charge in [-0.15, -0.1) is 0 Å². The van der Waals surface area contributed by atoms with E-state index in [0.29, 0.717) is 48.1 Å². The average Bonchev–Trinajstić information content (AvgIpc) is 2.81. The molecule has 3 N–H and O–H groups in total. The molecule has 0 radical (unpaired) electrons. The maximum Gasteiger partial charge on any atom is 0.317 e. The van der Waals surface area contributed by atoms with E-state index < -0.39 is 17.8 Å². The number of carboxylic acids is 2. The number of aromatic nitrogens is 4. The summed E-state index contributed by atoms with van der Waals surface area (Å²) in [5.74, 6) is -1.75. The minimum atomic E-state index is -1.07. The van der Waals surface area contributed by atoms with Crippen LogP contribution in [0.25, 0.3) is 11.0 Å². The van der Waals surface area contributed by atoms with Gasteiger partial charge in [0.2, 0.25) is 5.95 Å². The van der Waals surface area contributed by atoms with Crippen molar-refractivity contribution in [2.45, 2.75) is 12.8 Å². The monoisotopic (exact) mass is 503 g/mol. The van der Waals surface area contributed by atoms with Gasteiger partial charge in [0.05, 0.1) is 24.3 Å². The Morgan fingerprint density at radius 1 is 1.20 bits per heavy atom. The number of nitrogens with zero attached hydrogens (tertiary/aromatic N) is 6. The predicted molar refractivity (Wildman–Crippen MR) is 126 cm³/mol. The zero-order valence-corrected chi connectivity index (χ0v) is 19.3. The molecule has 2 aromatic heterocycles. The molecular weight excluding hydrogens is 481 g/mol. The summed E-state index contributed by atoms with van der Waals surface area (Å²) < 4.78 is 13.5. The van der Waals surface area contributed by atoms with Gasteiger partial charge in [0, 0.05) is 25.3 Å². The molecule has 1 unspecified atom stereocenters. The van der Waals surface area contributed by atoms with Gasteiger partial charge < -0.3 is 20.4 Å². The minimum absolute atomic E-state index is 0.0251. The molecule has 0 bridgehead atoms. The number of carbonyl (C=O) groups is 2. The van der Waals surface area contributed by atoms with Crippen molar-refractivity contribution in [2.24, 2.45) is 5.92 Å². The molecule has 35 heavy (non-hydrogen) atoms. The van der Waals surface area contributed by atoms with E-state index in [1.165, 1.54) is 29.4 Å². The summed E-state index contributed by atoms with van der Waals surface area (Å²) in [5.41, 5.74) is 1.52. The van der Waals surface area contributed by atoms with Gasteiger partial charge in [-0.3, -0.25) is 14.5 Å². The highest BCUT2D eigenvalue weighted by Crippen LogP contribution is 2.27. The highest BCUT2D eigenvalue weighted by molar-refractivity contribution is 6.31. The molecule has 1 saturated heterocycles. The fourth-order valence-corrected chi connectivity index (χ4v) is 4.31. The van der Waals surface area contributed by atoms with E-state index in [-0.39, 0.29) is 24.0 Å². The lowest BCUT2D eigenvalue weighted by Gasteiger charge is -2.35. The molecule has 3 aromatic rings. The molecule has 184 valence electrons. The van der Waals surface area contributed by atoms with Gasteiger partial charge in [0.25, 0.3) is 0 Å². The Hall–Kier alpha value is -3.64. The van der Waals surface area contributed by atoms with E-state index in [9.17, 15) is 14.0 Å². The molecule has 0 spiro atoms. The van der Waals surface area contributed by atoms with E-state index in [1.54, 1.807) is 6.20 Å². The van der Waals surface area contributed by atoms with Crippen LogP contribution in [-0.2, 0) is 9.59 Å². The van der Waals surface area contributed by atoms with E-state index in [4.69, 9.17) is 21.8 Å². The smallest absolute Gasteiger partial charge is 0.317 e. The van der Waals surface area contributed by atoms with Gasteiger partial charge in [-0.25, -0.2) is 24.3 Å². The first-order chi connectivity index (χ1) is 16.8. The van der Waals surface area contributed by atoms with E-state index in [0.717, 1.165) is 12.8 Å². The quantitative estimate of drug-likeness (QED) is 0.396. The fourth-order valence-electron chi connectivity index (χ4n) is 4.13. The maximum atomic E-state index is 13.5. The second kappa shape index (κ2) is 10.7. The number of carboxylic acid groups (broad SMARTS) is 2. The Balaban J connectivity index is 1.54. The predicted octanol–water partition coefficient (Wildman–Crippen LogP) is 2.64. The van der Waals surface area contributed by atoms with Crippen molar-refractivity contribution < 1.29 is 24.2 Å². The van der Waals surface area contributed by atoms with Gasteiger partial charge in [-0.1, -0.05) is 11.6 Å². The number of hydrogen-bond donors (Lipinski definition) is 3. The van der Waals surface area contributed by atoms with Crippen LogP contribution in [0.2, 0.25) is 5.02 Å². The maximum absolute atomic E-state index is 13.5. The SMILES string of the molecule is O=C(O)CN(CC(=O)O)CC1CCCN(c2ncc3ncnc(Nc4ccc(F)c(Cl)c4)c3n2)C1. The topological polar surface area (TPSA) is 145 Å². The Labute approximate surface area is 204 Å². The first-order valence-electron chi connectivity index (χ1n) is 10.9. The lowest BCUT2D eigenvalue weighted by atomic mass is 9.97. The molecular formula is C22H23ClFN7O4. The number of anilines is 3. The average molecular weight is 504 g/mol. The van der Waals surface area contributed by atoms with Crippen molar-refractivity contribution >= 4 is 52.0 Å². The molecule has 4 rings (SSSR count). The van der Waals surface area contributed by atoms with Gasteiger partial charge in [0.1, 0.15) is 23.2 Å². The first kappa shape index (κ1) is 24.5. The third kappa shape index (κ3) is 6.28. The molecule has 1 atom stereocenters. The number of aliphatic carboxylic acids is 2. The Morgan fingerprint density at radius 2 is 1.97 bits per heavy atom. The molecule has 0 aliphatic carbocycles. The molecule has 0 amide bonds. The van der Waals surface area contributed by atoms with Crippen molar-refractivity contribution in [3.63, 3.8) is 0 Å². The molecule has 1 aromatic carbocycles. The Kier molecular flexibility index (Phi) is 7.51. The summed E-state index contributed by atoms with van der Waals surface area (Å²) in [6.45, 7) is 0.906. The van der Waals surface area contributed by atoms with Crippen LogP contribution in [-0.4, -0.2) is 79.7 Å². The lowest BCUT2D eigenvalue weighted by Crippen LogP contribution is -2.44. The molecule has 1 aliphatic heterocycles. The van der Waals surface area contributed by atoms with Crippen LogP contribution in [0.4, 0.5) is 21.8 Å². The Bertz CT molecular complexity index is 1230. The second-order valence-corrected chi connectivity index (χ2v) is 8.70. The standard InChI is InChI=1S/C22H23ClFN7O4/c23-15-6-14(3-4-16(15)24)28-21-20-17(26-12-27-21)7-25-22(29-20)31-5-1-2-13(9-31)8-30(10-18(32)33)11-19(34)35/h3-4,6-7,12-13H,1-2,5,8-11H2,(H,32,33)(H,34,35)(H,26,27,28). The van der Waals surface area contributed by atoms with Gasteiger partial charge in [-0.2, -0.15) is 0 Å². The van der Waals surface area contributed by atoms with Crippen molar-refractivity contribution in [1.82, 2.24) is 24.8 Å². The van der Waals surface area contributed by atoms with E-state index >= 15 is 0 Å². The van der Waals surface area contributed by atoms with Crippen molar-refractivity contribution in [3.8, 4) is 0 Å². The molecule has 1 aliphatic rings. The summed E-state index contributed by atoms with van der Waals surface area (Å²) in [6.07, 6.45) is 4.62. The summed E-state index contributed by atoms with van der Waals surface area (Å²) in [4.78, 5) is 43.3. The minimum Gasteiger partial charge on any atom is -0.480 e. The van der Waals surface area contributed by atoms with Crippen molar-refractivity contribution in [1.29, 1.82) is 0 Å². The van der Waals surface area contributed by atoms with Gasteiger partial charge >= 0.3 is 11.9 Å². The van der Waals surface area contributed by atoms with Crippen LogP contribution in [0.3, 0.4) is 0 Å². The second-order valence-electron chi connectivity index (χ2n) is 8.29. The van der Waals surface area contributed by atoms with Crippen LogP contribution in [0.1, 0.15) is 12.8 Å². The number of fused-ring (bicyclic) bond motifs is 1. The summed E-state index contributed by atoms with van der Waals surface area (Å²) >= 11 is 5.88. The Morgan fingerprint density at radius 3 is 2.69 bits per heavy atom. The molecule has 1 fully saturated rings. The number of rotatable bonds is 9. The van der Waals surface area contributed by atoms with Crippen LogP contribution in [0.5, 0.6) is 0 Å². The van der Waals surface area contributed by atoms with Crippen LogP contribution in [0.15, 0.2) is 30.7 Å². The summed E-state index contributed by atoms with van der Waals surface area (Å²) in [5, 5.41) is 21.3.